The quantitative estimate of drug-likeness (QED) is 0.733. The molecule has 0 bridgehead atoms. The van der Waals surface area contributed by atoms with Crippen LogP contribution < -0.4 is 9.47 Å². The van der Waals surface area contributed by atoms with Crippen LogP contribution in [-0.2, 0) is 0 Å². The van der Waals surface area contributed by atoms with Crippen LogP contribution in [-0.4, -0.2) is 13.7 Å². The van der Waals surface area contributed by atoms with Crippen LogP contribution in [0.2, 0.25) is 0 Å². The molecule has 0 aromatic heterocycles. The van der Waals surface area contributed by atoms with Gasteiger partial charge in [0.05, 0.1) is 13.7 Å². The molecule has 0 aliphatic rings. The molecule has 14 heavy (non-hydrogen) atoms. The van der Waals surface area contributed by atoms with Gasteiger partial charge in [-0.05, 0) is 31.9 Å². The van der Waals surface area contributed by atoms with Crippen molar-refractivity contribution in [2.24, 2.45) is 0 Å². The molecule has 1 rings (SSSR count). The van der Waals surface area contributed by atoms with Crippen LogP contribution in [0.3, 0.4) is 0 Å². The number of benzene rings is 1. The van der Waals surface area contributed by atoms with E-state index < -0.39 is 0 Å². The van der Waals surface area contributed by atoms with Gasteiger partial charge in [0, 0.05) is 5.56 Å². The lowest BCUT2D eigenvalue weighted by molar-refractivity contribution is 0.311. The number of ether oxygens (including phenoxy) is 2. The van der Waals surface area contributed by atoms with Gasteiger partial charge in [0.15, 0.2) is 0 Å². The summed E-state index contributed by atoms with van der Waals surface area (Å²) >= 11 is 0. The first-order chi connectivity index (χ1) is 6.70. The summed E-state index contributed by atoms with van der Waals surface area (Å²) in [6, 6.07) is 4.03. The minimum Gasteiger partial charge on any atom is -0.496 e. The van der Waals surface area contributed by atoms with Crippen molar-refractivity contribution in [2.75, 3.05) is 13.7 Å². The summed E-state index contributed by atoms with van der Waals surface area (Å²) in [6.45, 7) is 6.92. The molecule has 0 fully saturated rings. The fraction of sp³-hybridized carbons (Fsp3) is 0.500. The van der Waals surface area contributed by atoms with E-state index in [1.54, 1.807) is 7.11 Å². The van der Waals surface area contributed by atoms with Crippen molar-refractivity contribution in [3.63, 3.8) is 0 Å². The smallest absolute Gasteiger partial charge is 0.128 e. The summed E-state index contributed by atoms with van der Waals surface area (Å²) in [5.41, 5.74) is 2.23. The van der Waals surface area contributed by atoms with Crippen molar-refractivity contribution >= 4 is 0 Å². The van der Waals surface area contributed by atoms with Gasteiger partial charge in [-0.2, -0.15) is 0 Å². The highest BCUT2D eigenvalue weighted by Gasteiger charge is 2.07. The summed E-state index contributed by atoms with van der Waals surface area (Å²) in [5.74, 6) is 1.85. The summed E-state index contributed by atoms with van der Waals surface area (Å²) in [4.78, 5) is 0. The molecule has 0 radical (unpaired) electrons. The van der Waals surface area contributed by atoms with Gasteiger partial charge in [0.2, 0.25) is 0 Å². The molecule has 0 unspecified atom stereocenters. The highest BCUT2D eigenvalue weighted by atomic mass is 16.5. The number of rotatable bonds is 4. The number of methoxy groups -OCH3 is 1. The topological polar surface area (TPSA) is 18.5 Å². The Labute approximate surface area is 85.8 Å². The second-order valence-electron chi connectivity index (χ2n) is 3.39. The number of aryl methyl sites for hydroxylation is 1. The molecule has 2 nitrogen and oxygen atoms in total. The molecule has 0 amide bonds. The van der Waals surface area contributed by atoms with Crippen LogP contribution in [0.5, 0.6) is 11.5 Å². The normalized spacial score (nSPS) is 10.0. The van der Waals surface area contributed by atoms with E-state index in [0.717, 1.165) is 35.7 Å². The maximum absolute atomic E-state index is 5.60. The largest absolute Gasteiger partial charge is 0.496 e. The fourth-order valence-corrected chi connectivity index (χ4v) is 1.49. The third-order valence-corrected chi connectivity index (χ3v) is 2.22. The van der Waals surface area contributed by atoms with Crippen molar-refractivity contribution in [1.82, 2.24) is 0 Å². The SMILES string of the molecule is CCCOc1ccc(C)c(OC)c1C. The van der Waals surface area contributed by atoms with Gasteiger partial charge in [-0.3, -0.25) is 0 Å². The Morgan fingerprint density at radius 1 is 1.21 bits per heavy atom. The van der Waals surface area contributed by atoms with E-state index in [0.29, 0.717) is 0 Å². The number of hydrogen-bond donors (Lipinski definition) is 0. The first-order valence-electron chi connectivity index (χ1n) is 4.97. The minimum absolute atomic E-state index is 0.757. The molecule has 0 N–H and O–H groups in total. The lowest BCUT2D eigenvalue weighted by Gasteiger charge is -2.13. The van der Waals surface area contributed by atoms with Gasteiger partial charge in [-0.15, -0.1) is 0 Å². The van der Waals surface area contributed by atoms with Gasteiger partial charge < -0.3 is 9.47 Å². The molecular weight excluding hydrogens is 176 g/mol. The Hall–Kier alpha value is -1.18. The van der Waals surface area contributed by atoms with Crippen LogP contribution in [0, 0.1) is 13.8 Å². The minimum atomic E-state index is 0.757. The molecule has 0 aliphatic heterocycles. The monoisotopic (exact) mass is 194 g/mol. The molecule has 0 saturated carbocycles. The average Bonchev–Trinajstić information content (AvgIpc) is 2.18. The summed E-state index contributed by atoms with van der Waals surface area (Å²) in [5, 5.41) is 0. The average molecular weight is 194 g/mol. The highest BCUT2D eigenvalue weighted by molar-refractivity contribution is 5.48. The Morgan fingerprint density at radius 2 is 1.93 bits per heavy atom. The van der Waals surface area contributed by atoms with Gasteiger partial charge in [0.1, 0.15) is 11.5 Å². The zero-order chi connectivity index (χ0) is 10.6. The van der Waals surface area contributed by atoms with Crippen LogP contribution >= 0.6 is 0 Å². The molecule has 1 aromatic carbocycles. The van der Waals surface area contributed by atoms with Gasteiger partial charge in [0.25, 0.3) is 0 Å². The van der Waals surface area contributed by atoms with E-state index >= 15 is 0 Å². The third kappa shape index (κ3) is 2.19. The van der Waals surface area contributed by atoms with Crippen molar-refractivity contribution in [3.8, 4) is 11.5 Å². The van der Waals surface area contributed by atoms with Crippen molar-refractivity contribution in [1.29, 1.82) is 0 Å². The predicted octanol–water partition coefficient (Wildman–Crippen LogP) is 3.10. The van der Waals surface area contributed by atoms with E-state index in [-0.39, 0.29) is 0 Å². The first kappa shape index (κ1) is 10.9. The molecule has 0 spiro atoms. The molecular formula is C12H18O2. The Morgan fingerprint density at radius 3 is 2.50 bits per heavy atom. The summed E-state index contributed by atoms with van der Waals surface area (Å²) in [7, 11) is 1.69. The maximum Gasteiger partial charge on any atom is 0.128 e. The molecule has 0 heterocycles. The zero-order valence-corrected chi connectivity index (χ0v) is 9.39. The summed E-state index contributed by atoms with van der Waals surface area (Å²) in [6.07, 6.45) is 1.02. The molecule has 2 heteroatoms. The predicted molar refractivity (Wildman–Crippen MR) is 58.3 cm³/mol. The van der Waals surface area contributed by atoms with Gasteiger partial charge >= 0.3 is 0 Å². The summed E-state index contributed by atoms with van der Waals surface area (Å²) < 4.78 is 10.9. The molecule has 0 saturated heterocycles. The highest BCUT2D eigenvalue weighted by Crippen LogP contribution is 2.30. The second kappa shape index (κ2) is 4.89. The Balaban J connectivity index is 2.96. The Bertz CT molecular complexity index is 305. The van der Waals surface area contributed by atoms with Gasteiger partial charge in [-0.25, -0.2) is 0 Å². The zero-order valence-electron chi connectivity index (χ0n) is 9.39. The fourth-order valence-electron chi connectivity index (χ4n) is 1.49. The maximum atomic E-state index is 5.60. The standard InChI is InChI=1S/C12H18O2/c1-5-8-14-11-7-6-9(2)12(13-4)10(11)3/h6-7H,5,8H2,1-4H3. The van der Waals surface area contributed by atoms with E-state index in [2.05, 4.69) is 6.92 Å². The van der Waals surface area contributed by atoms with Crippen molar-refractivity contribution < 1.29 is 9.47 Å². The molecule has 1 aromatic rings. The van der Waals surface area contributed by atoms with Crippen molar-refractivity contribution in [2.45, 2.75) is 27.2 Å². The number of hydrogen-bond acceptors (Lipinski definition) is 2. The van der Waals surface area contributed by atoms with Crippen LogP contribution in [0.15, 0.2) is 12.1 Å². The van der Waals surface area contributed by atoms with Crippen LogP contribution in [0.4, 0.5) is 0 Å². The van der Waals surface area contributed by atoms with E-state index in [9.17, 15) is 0 Å². The van der Waals surface area contributed by atoms with E-state index in [1.807, 2.05) is 26.0 Å². The van der Waals surface area contributed by atoms with Gasteiger partial charge in [-0.1, -0.05) is 13.0 Å². The van der Waals surface area contributed by atoms with Crippen LogP contribution in [0.25, 0.3) is 0 Å². The molecule has 0 atom stereocenters. The first-order valence-corrected chi connectivity index (χ1v) is 4.97. The second-order valence-corrected chi connectivity index (χ2v) is 3.39. The lowest BCUT2D eigenvalue weighted by Crippen LogP contribution is -1.99. The van der Waals surface area contributed by atoms with Crippen LogP contribution in [0.1, 0.15) is 24.5 Å². The molecule has 0 aliphatic carbocycles. The van der Waals surface area contributed by atoms with E-state index in [4.69, 9.17) is 9.47 Å². The van der Waals surface area contributed by atoms with Crippen molar-refractivity contribution in [3.05, 3.63) is 23.3 Å². The van der Waals surface area contributed by atoms with E-state index in [1.165, 1.54) is 0 Å². The lowest BCUT2D eigenvalue weighted by atomic mass is 10.1. The third-order valence-electron chi connectivity index (χ3n) is 2.22. The molecule has 78 valence electrons. The Kier molecular flexibility index (Phi) is 3.81.